The van der Waals surface area contributed by atoms with Crippen LogP contribution in [0.3, 0.4) is 0 Å². The van der Waals surface area contributed by atoms with Gasteiger partial charge in [0.2, 0.25) is 0 Å². The summed E-state index contributed by atoms with van der Waals surface area (Å²) in [6.07, 6.45) is 10.4. The predicted octanol–water partition coefficient (Wildman–Crippen LogP) is 3.75. The Morgan fingerprint density at radius 1 is 0.867 bits per heavy atom. The van der Waals surface area contributed by atoms with E-state index in [2.05, 4.69) is 13.8 Å². The van der Waals surface area contributed by atoms with Gasteiger partial charge in [0.25, 0.3) is 0 Å². The monoisotopic (exact) mass is 210 g/mol. The van der Waals surface area contributed by atoms with Crippen LogP contribution in [0.2, 0.25) is 0 Å². The molecule has 2 saturated carbocycles. The fourth-order valence-corrected chi connectivity index (χ4v) is 4.05. The van der Waals surface area contributed by atoms with Crippen molar-refractivity contribution in [3.8, 4) is 0 Å². The fourth-order valence-electron chi connectivity index (χ4n) is 4.05. The Kier molecular flexibility index (Phi) is 3.39. The molecule has 2 aliphatic carbocycles. The molecule has 2 aliphatic rings. The molecule has 0 radical (unpaired) electrons. The Morgan fingerprint density at radius 3 is 1.47 bits per heavy atom. The molecule has 1 nitrogen and oxygen atoms in total. The van der Waals surface area contributed by atoms with Crippen LogP contribution < -0.4 is 0 Å². The molecule has 1 heteroatoms. The Morgan fingerprint density at radius 2 is 1.20 bits per heavy atom. The van der Waals surface area contributed by atoms with Gasteiger partial charge < -0.3 is 5.11 Å². The van der Waals surface area contributed by atoms with Gasteiger partial charge in [0.15, 0.2) is 0 Å². The smallest absolute Gasteiger partial charge is 0.0726 e. The summed E-state index contributed by atoms with van der Waals surface area (Å²) in [6, 6.07) is 0. The van der Waals surface area contributed by atoms with Crippen molar-refractivity contribution < 1.29 is 5.11 Å². The molecule has 15 heavy (non-hydrogen) atoms. The van der Waals surface area contributed by atoms with Gasteiger partial charge in [0, 0.05) is 0 Å². The lowest BCUT2D eigenvalue weighted by atomic mass is 9.68. The van der Waals surface area contributed by atoms with E-state index in [0.29, 0.717) is 17.8 Å². The summed E-state index contributed by atoms with van der Waals surface area (Å²) in [7, 11) is 0. The maximum absolute atomic E-state index is 11.1. The van der Waals surface area contributed by atoms with Crippen LogP contribution in [-0.4, -0.2) is 10.7 Å². The first-order valence-corrected chi connectivity index (χ1v) is 6.88. The molecule has 0 atom stereocenters. The number of hydrogen-bond acceptors (Lipinski definition) is 1. The van der Waals surface area contributed by atoms with Crippen molar-refractivity contribution in [1.82, 2.24) is 0 Å². The molecule has 2 rings (SSSR count). The van der Waals surface area contributed by atoms with Crippen LogP contribution in [0.5, 0.6) is 0 Å². The van der Waals surface area contributed by atoms with Crippen LogP contribution in [0.4, 0.5) is 0 Å². The zero-order valence-electron chi connectivity index (χ0n) is 10.3. The van der Waals surface area contributed by atoms with Gasteiger partial charge in [-0.3, -0.25) is 0 Å². The second-order valence-corrected chi connectivity index (χ2v) is 6.00. The van der Waals surface area contributed by atoms with Gasteiger partial charge in [-0.05, 0) is 43.4 Å². The van der Waals surface area contributed by atoms with Crippen LogP contribution >= 0.6 is 0 Å². The van der Waals surface area contributed by atoms with Crippen molar-refractivity contribution >= 4 is 0 Å². The Labute approximate surface area is 94.3 Å². The highest BCUT2D eigenvalue weighted by Gasteiger charge is 2.47. The standard InChI is InChI=1S/C14H26O/c1-11(2)14(15,12-7-3-4-8-12)13-9-5-6-10-13/h11-13,15H,3-10H2,1-2H3. The van der Waals surface area contributed by atoms with E-state index in [9.17, 15) is 5.11 Å². The molecule has 0 aromatic rings. The molecule has 0 saturated heterocycles. The Hall–Kier alpha value is -0.0400. The second-order valence-electron chi connectivity index (χ2n) is 6.00. The molecule has 0 amide bonds. The highest BCUT2D eigenvalue weighted by atomic mass is 16.3. The van der Waals surface area contributed by atoms with E-state index in [0.717, 1.165) is 0 Å². The molecule has 0 aromatic carbocycles. The van der Waals surface area contributed by atoms with Crippen molar-refractivity contribution in [2.75, 3.05) is 0 Å². The van der Waals surface area contributed by atoms with E-state index < -0.39 is 0 Å². The van der Waals surface area contributed by atoms with Crippen LogP contribution in [0.15, 0.2) is 0 Å². The van der Waals surface area contributed by atoms with Gasteiger partial charge in [0.05, 0.1) is 5.60 Å². The van der Waals surface area contributed by atoms with Crippen molar-refractivity contribution in [3.05, 3.63) is 0 Å². The second kappa shape index (κ2) is 4.45. The van der Waals surface area contributed by atoms with Crippen LogP contribution in [0.25, 0.3) is 0 Å². The molecule has 0 unspecified atom stereocenters. The van der Waals surface area contributed by atoms with E-state index in [1.54, 1.807) is 0 Å². The highest BCUT2D eigenvalue weighted by molar-refractivity contribution is 4.98. The fraction of sp³-hybridized carbons (Fsp3) is 1.00. The van der Waals surface area contributed by atoms with E-state index in [1.807, 2.05) is 0 Å². The predicted molar refractivity (Wildman–Crippen MR) is 63.7 cm³/mol. The minimum atomic E-state index is -0.340. The van der Waals surface area contributed by atoms with Gasteiger partial charge in [-0.25, -0.2) is 0 Å². The average Bonchev–Trinajstić information content (AvgIpc) is 2.89. The molecular formula is C14H26O. The quantitative estimate of drug-likeness (QED) is 0.752. The van der Waals surface area contributed by atoms with Gasteiger partial charge in [-0.1, -0.05) is 39.5 Å². The van der Waals surface area contributed by atoms with Crippen LogP contribution in [0.1, 0.15) is 65.2 Å². The van der Waals surface area contributed by atoms with Crippen molar-refractivity contribution in [1.29, 1.82) is 0 Å². The Balaban J connectivity index is 2.14. The van der Waals surface area contributed by atoms with E-state index in [4.69, 9.17) is 0 Å². The molecular weight excluding hydrogens is 184 g/mol. The van der Waals surface area contributed by atoms with Gasteiger partial charge >= 0.3 is 0 Å². The molecule has 1 N–H and O–H groups in total. The summed E-state index contributed by atoms with van der Waals surface area (Å²) >= 11 is 0. The summed E-state index contributed by atoms with van der Waals surface area (Å²) in [5.74, 6) is 1.63. The van der Waals surface area contributed by atoms with E-state index >= 15 is 0 Å². The molecule has 0 heterocycles. The summed E-state index contributed by atoms with van der Waals surface area (Å²) < 4.78 is 0. The molecule has 0 aromatic heterocycles. The zero-order valence-corrected chi connectivity index (χ0v) is 10.3. The topological polar surface area (TPSA) is 20.2 Å². The van der Waals surface area contributed by atoms with Gasteiger partial charge in [-0.15, -0.1) is 0 Å². The highest BCUT2D eigenvalue weighted by Crippen LogP contribution is 2.48. The van der Waals surface area contributed by atoms with Crippen LogP contribution in [-0.2, 0) is 0 Å². The first kappa shape index (κ1) is 11.4. The third-order valence-electron chi connectivity index (χ3n) is 4.94. The summed E-state index contributed by atoms with van der Waals surface area (Å²) in [4.78, 5) is 0. The molecule has 0 bridgehead atoms. The lowest BCUT2D eigenvalue weighted by molar-refractivity contribution is -0.103. The number of hydrogen-bond donors (Lipinski definition) is 1. The minimum absolute atomic E-state index is 0.340. The summed E-state index contributed by atoms with van der Waals surface area (Å²) in [5, 5.41) is 11.1. The number of rotatable bonds is 3. The largest absolute Gasteiger partial charge is 0.389 e. The summed E-state index contributed by atoms with van der Waals surface area (Å²) in [6.45, 7) is 4.44. The zero-order chi connectivity index (χ0) is 10.9. The minimum Gasteiger partial charge on any atom is -0.389 e. The van der Waals surface area contributed by atoms with Crippen molar-refractivity contribution in [2.24, 2.45) is 17.8 Å². The summed E-state index contributed by atoms with van der Waals surface area (Å²) in [5.41, 5.74) is -0.340. The first-order chi connectivity index (χ1) is 7.15. The molecule has 0 spiro atoms. The number of aliphatic hydroxyl groups is 1. The van der Waals surface area contributed by atoms with Gasteiger partial charge in [0.1, 0.15) is 0 Å². The molecule has 2 fully saturated rings. The third kappa shape index (κ3) is 1.95. The third-order valence-corrected chi connectivity index (χ3v) is 4.94. The average molecular weight is 210 g/mol. The Bertz CT molecular complexity index is 181. The molecule has 88 valence electrons. The van der Waals surface area contributed by atoms with E-state index in [-0.39, 0.29) is 5.60 Å². The first-order valence-electron chi connectivity index (χ1n) is 6.88. The normalized spacial score (nSPS) is 25.6. The van der Waals surface area contributed by atoms with Gasteiger partial charge in [-0.2, -0.15) is 0 Å². The van der Waals surface area contributed by atoms with Crippen LogP contribution in [0, 0.1) is 17.8 Å². The lowest BCUT2D eigenvalue weighted by Crippen LogP contribution is -2.48. The van der Waals surface area contributed by atoms with Crippen molar-refractivity contribution in [2.45, 2.75) is 70.8 Å². The molecule has 0 aliphatic heterocycles. The maximum atomic E-state index is 11.1. The lowest BCUT2D eigenvalue weighted by Gasteiger charge is -2.43. The SMILES string of the molecule is CC(C)C(O)(C1CCCC1)C1CCCC1. The van der Waals surface area contributed by atoms with Crippen molar-refractivity contribution in [3.63, 3.8) is 0 Å². The van der Waals surface area contributed by atoms with E-state index in [1.165, 1.54) is 51.4 Å². The maximum Gasteiger partial charge on any atom is 0.0726 e.